The smallest absolute Gasteiger partial charge is 0.0207 e. The minimum absolute atomic E-state index is 0.755. The lowest BCUT2D eigenvalue weighted by molar-refractivity contribution is 0.375. The predicted octanol–water partition coefficient (Wildman–Crippen LogP) is 1.64. The molecular formula is C12H22N2. The van der Waals surface area contributed by atoms with Crippen molar-refractivity contribution in [3.63, 3.8) is 0 Å². The molecule has 14 heavy (non-hydrogen) atoms. The number of rotatable bonds is 3. The van der Waals surface area contributed by atoms with E-state index >= 15 is 0 Å². The van der Waals surface area contributed by atoms with Crippen LogP contribution in [0.3, 0.4) is 0 Å². The largest absolute Gasteiger partial charge is 0.312 e. The molecule has 0 aromatic heterocycles. The maximum atomic E-state index is 3.71. The minimum Gasteiger partial charge on any atom is -0.312 e. The SMILES string of the molecule is CN1CC[C@@H](NC[C@@H]2CC=CCC2)C1. The van der Waals surface area contributed by atoms with Crippen molar-refractivity contribution in [2.24, 2.45) is 5.92 Å². The van der Waals surface area contributed by atoms with Gasteiger partial charge in [0.05, 0.1) is 0 Å². The molecule has 1 aliphatic carbocycles. The summed E-state index contributed by atoms with van der Waals surface area (Å²) in [6, 6.07) is 0.755. The average Bonchev–Trinajstić information content (AvgIpc) is 2.63. The Morgan fingerprint density at radius 1 is 1.36 bits per heavy atom. The zero-order chi connectivity index (χ0) is 9.80. The minimum atomic E-state index is 0.755. The van der Waals surface area contributed by atoms with E-state index in [1.165, 1.54) is 45.3 Å². The van der Waals surface area contributed by atoms with Crippen LogP contribution >= 0.6 is 0 Å². The highest BCUT2D eigenvalue weighted by molar-refractivity contribution is 4.91. The molecule has 80 valence electrons. The molecule has 0 aromatic rings. The lowest BCUT2D eigenvalue weighted by atomic mass is 9.94. The third kappa shape index (κ3) is 2.82. The Hall–Kier alpha value is -0.340. The molecule has 1 fully saturated rings. The van der Waals surface area contributed by atoms with Gasteiger partial charge in [-0.25, -0.2) is 0 Å². The fourth-order valence-electron chi connectivity index (χ4n) is 2.48. The molecule has 0 bridgehead atoms. The van der Waals surface area contributed by atoms with Crippen LogP contribution in [0.1, 0.15) is 25.7 Å². The number of likely N-dealkylation sites (tertiary alicyclic amines) is 1. The van der Waals surface area contributed by atoms with Gasteiger partial charge >= 0.3 is 0 Å². The fourth-order valence-corrected chi connectivity index (χ4v) is 2.48. The van der Waals surface area contributed by atoms with Crippen LogP contribution in [-0.4, -0.2) is 37.6 Å². The molecule has 0 aromatic carbocycles. The van der Waals surface area contributed by atoms with Gasteiger partial charge in [0.25, 0.3) is 0 Å². The van der Waals surface area contributed by atoms with Crippen LogP contribution in [0.5, 0.6) is 0 Å². The summed E-state index contributed by atoms with van der Waals surface area (Å²) in [5.74, 6) is 0.894. The Morgan fingerprint density at radius 2 is 2.29 bits per heavy atom. The average molecular weight is 194 g/mol. The number of nitrogens with zero attached hydrogens (tertiary/aromatic N) is 1. The van der Waals surface area contributed by atoms with Crippen molar-refractivity contribution in [3.05, 3.63) is 12.2 Å². The highest BCUT2D eigenvalue weighted by atomic mass is 15.2. The van der Waals surface area contributed by atoms with Crippen LogP contribution in [0.15, 0.2) is 12.2 Å². The van der Waals surface area contributed by atoms with Crippen molar-refractivity contribution in [3.8, 4) is 0 Å². The first kappa shape index (κ1) is 10.2. The van der Waals surface area contributed by atoms with Gasteiger partial charge in [-0.05, 0) is 51.7 Å². The summed E-state index contributed by atoms with van der Waals surface area (Å²) >= 11 is 0. The first-order valence-electron chi connectivity index (χ1n) is 5.91. The molecule has 1 heterocycles. The summed E-state index contributed by atoms with van der Waals surface area (Å²) < 4.78 is 0. The summed E-state index contributed by atoms with van der Waals surface area (Å²) in [5, 5.41) is 3.71. The summed E-state index contributed by atoms with van der Waals surface area (Å²) in [4.78, 5) is 2.42. The molecule has 1 aliphatic heterocycles. The van der Waals surface area contributed by atoms with Crippen molar-refractivity contribution in [2.45, 2.75) is 31.7 Å². The summed E-state index contributed by atoms with van der Waals surface area (Å²) in [5.41, 5.74) is 0. The number of hydrogen-bond acceptors (Lipinski definition) is 2. The van der Waals surface area contributed by atoms with Crippen molar-refractivity contribution in [1.29, 1.82) is 0 Å². The molecule has 0 spiro atoms. The van der Waals surface area contributed by atoms with Crippen LogP contribution in [-0.2, 0) is 0 Å². The van der Waals surface area contributed by atoms with E-state index in [-0.39, 0.29) is 0 Å². The predicted molar refractivity (Wildman–Crippen MR) is 60.4 cm³/mol. The third-order valence-electron chi connectivity index (χ3n) is 3.46. The van der Waals surface area contributed by atoms with E-state index in [9.17, 15) is 0 Å². The van der Waals surface area contributed by atoms with Crippen molar-refractivity contribution >= 4 is 0 Å². The van der Waals surface area contributed by atoms with E-state index in [0.717, 1.165) is 12.0 Å². The van der Waals surface area contributed by atoms with E-state index in [4.69, 9.17) is 0 Å². The Morgan fingerprint density at radius 3 is 2.93 bits per heavy atom. The van der Waals surface area contributed by atoms with Gasteiger partial charge in [0.1, 0.15) is 0 Å². The lowest BCUT2D eigenvalue weighted by Gasteiger charge is -2.21. The zero-order valence-electron chi connectivity index (χ0n) is 9.21. The fraction of sp³-hybridized carbons (Fsp3) is 0.833. The Bertz CT molecular complexity index is 200. The Kier molecular flexibility index (Phi) is 3.60. The summed E-state index contributed by atoms with van der Waals surface area (Å²) in [6.45, 7) is 3.73. The van der Waals surface area contributed by atoms with Crippen LogP contribution in [0.2, 0.25) is 0 Å². The standard InChI is InChI=1S/C12H22N2/c1-14-8-7-12(10-14)13-9-11-5-3-2-4-6-11/h2-3,11-13H,4-10H2,1H3/t11-,12-/m1/s1. The second-order valence-electron chi connectivity index (χ2n) is 4.81. The van der Waals surface area contributed by atoms with E-state index in [2.05, 4.69) is 29.4 Å². The van der Waals surface area contributed by atoms with E-state index in [0.29, 0.717) is 0 Å². The molecule has 2 heteroatoms. The van der Waals surface area contributed by atoms with E-state index in [1.54, 1.807) is 0 Å². The molecular weight excluding hydrogens is 172 g/mol. The van der Waals surface area contributed by atoms with Gasteiger partial charge in [0.15, 0.2) is 0 Å². The molecule has 0 amide bonds. The lowest BCUT2D eigenvalue weighted by Crippen LogP contribution is -2.35. The highest BCUT2D eigenvalue weighted by Gasteiger charge is 2.19. The van der Waals surface area contributed by atoms with E-state index < -0.39 is 0 Å². The van der Waals surface area contributed by atoms with Gasteiger partial charge in [0, 0.05) is 12.6 Å². The van der Waals surface area contributed by atoms with Gasteiger partial charge in [0.2, 0.25) is 0 Å². The van der Waals surface area contributed by atoms with Crippen molar-refractivity contribution < 1.29 is 0 Å². The highest BCUT2D eigenvalue weighted by Crippen LogP contribution is 2.17. The Labute approximate surface area is 87.4 Å². The monoisotopic (exact) mass is 194 g/mol. The number of likely N-dealkylation sites (N-methyl/N-ethyl adjacent to an activating group) is 1. The molecule has 0 saturated carbocycles. The van der Waals surface area contributed by atoms with Crippen molar-refractivity contribution in [1.82, 2.24) is 10.2 Å². The number of allylic oxidation sites excluding steroid dienone is 2. The normalized spacial score (nSPS) is 33.8. The summed E-state index contributed by atoms with van der Waals surface area (Å²) in [6.07, 6.45) is 9.95. The van der Waals surface area contributed by atoms with Gasteiger partial charge < -0.3 is 10.2 Å². The molecule has 2 nitrogen and oxygen atoms in total. The second kappa shape index (κ2) is 4.94. The summed E-state index contributed by atoms with van der Waals surface area (Å²) in [7, 11) is 2.21. The van der Waals surface area contributed by atoms with Crippen LogP contribution in [0.25, 0.3) is 0 Å². The van der Waals surface area contributed by atoms with Crippen molar-refractivity contribution in [2.75, 3.05) is 26.7 Å². The molecule has 2 rings (SSSR count). The first-order chi connectivity index (χ1) is 6.84. The quantitative estimate of drug-likeness (QED) is 0.687. The second-order valence-corrected chi connectivity index (χ2v) is 4.81. The Balaban J connectivity index is 1.64. The molecule has 0 unspecified atom stereocenters. The van der Waals surface area contributed by atoms with Gasteiger partial charge in [-0.15, -0.1) is 0 Å². The van der Waals surface area contributed by atoms with Crippen LogP contribution in [0, 0.1) is 5.92 Å². The first-order valence-corrected chi connectivity index (χ1v) is 5.91. The maximum Gasteiger partial charge on any atom is 0.0207 e. The van der Waals surface area contributed by atoms with Gasteiger partial charge in [-0.2, -0.15) is 0 Å². The molecule has 2 aliphatic rings. The maximum absolute atomic E-state index is 3.71. The van der Waals surface area contributed by atoms with Crippen LogP contribution < -0.4 is 5.32 Å². The topological polar surface area (TPSA) is 15.3 Å². The molecule has 2 atom stereocenters. The van der Waals surface area contributed by atoms with Gasteiger partial charge in [-0.1, -0.05) is 12.2 Å². The van der Waals surface area contributed by atoms with E-state index in [1.807, 2.05) is 0 Å². The van der Waals surface area contributed by atoms with Gasteiger partial charge in [-0.3, -0.25) is 0 Å². The number of nitrogens with one attached hydrogen (secondary N) is 1. The third-order valence-corrected chi connectivity index (χ3v) is 3.46. The molecule has 0 radical (unpaired) electrons. The van der Waals surface area contributed by atoms with Crippen LogP contribution in [0.4, 0.5) is 0 Å². The number of hydrogen-bond donors (Lipinski definition) is 1. The zero-order valence-corrected chi connectivity index (χ0v) is 9.21. The molecule has 1 saturated heterocycles. The molecule has 1 N–H and O–H groups in total.